The average Bonchev–Trinajstić information content (AvgIpc) is 3.21. The van der Waals surface area contributed by atoms with Gasteiger partial charge >= 0.3 is 0 Å². The van der Waals surface area contributed by atoms with Gasteiger partial charge in [0.25, 0.3) is 0 Å². The zero-order valence-electron chi connectivity index (χ0n) is 10.1. The standard InChI is InChI=1S/C14H16Cl3N/c15-11-5-6-12(16)13(17)10(11)7-18-14(8-1-2-8)9-3-4-9/h5-6,8-9,14,18H,1-4,7H2. The van der Waals surface area contributed by atoms with Crippen LogP contribution in [-0.2, 0) is 6.54 Å². The third kappa shape index (κ3) is 2.80. The Bertz CT molecular complexity index is 441. The molecule has 0 saturated heterocycles. The topological polar surface area (TPSA) is 12.0 Å². The lowest BCUT2D eigenvalue weighted by Crippen LogP contribution is -2.32. The van der Waals surface area contributed by atoms with Crippen LogP contribution in [0.25, 0.3) is 0 Å². The molecule has 2 saturated carbocycles. The predicted molar refractivity (Wildman–Crippen MR) is 77.5 cm³/mol. The monoisotopic (exact) mass is 303 g/mol. The predicted octanol–water partition coefficient (Wildman–Crippen LogP) is 4.93. The lowest BCUT2D eigenvalue weighted by molar-refractivity contribution is 0.416. The van der Waals surface area contributed by atoms with Crippen molar-refractivity contribution in [1.82, 2.24) is 5.32 Å². The van der Waals surface area contributed by atoms with Gasteiger partial charge in [-0.25, -0.2) is 0 Å². The van der Waals surface area contributed by atoms with Crippen LogP contribution in [0.3, 0.4) is 0 Å². The lowest BCUT2D eigenvalue weighted by Gasteiger charge is -2.19. The molecule has 1 aromatic rings. The Kier molecular flexibility index (Phi) is 3.77. The highest BCUT2D eigenvalue weighted by Crippen LogP contribution is 2.44. The summed E-state index contributed by atoms with van der Waals surface area (Å²) in [5.74, 6) is 1.74. The van der Waals surface area contributed by atoms with Gasteiger partial charge < -0.3 is 5.32 Å². The molecule has 0 atom stereocenters. The van der Waals surface area contributed by atoms with Crippen LogP contribution in [0.15, 0.2) is 12.1 Å². The molecule has 4 heteroatoms. The molecule has 3 rings (SSSR count). The van der Waals surface area contributed by atoms with E-state index in [2.05, 4.69) is 5.32 Å². The molecule has 2 fully saturated rings. The zero-order chi connectivity index (χ0) is 12.7. The summed E-state index contributed by atoms with van der Waals surface area (Å²) >= 11 is 18.4. The maximum Gasteiger partial charge on any atom is 0.0652 e. The summed E-state index contributed by atoms with van der Waals surface area (Å²) in [5, 5.41) is 5.50. The average molecular weight is 305 g/mol. The van der Waals surface area contributed by atoms with Crippen LogP contribution in [0.4, 0.5) is 0 Å². The van der Waals surface area contributed by atoms with Crippen LogP contribution in [0, 0.1) is 11.8 Å². The highest BCUT2D eigenvalue weighted by Gasteiger charge is 2.41. The molecule has 1 nitrogen and oxygen atoms in total. The Morgan fingerprint density at radius 1 is 1.00 bits per heavy atom. The van der Waals surface area contributed by atoms with E-state index in [-0.39, 0.29) is 0 Å². The van der Waals surface area contributed by atoms with E-state index in [1.54, 1.807) is 6.07 Å². The first-order chi connectivity index (χ1) is 8.66. The van der Waals surface area contributed by atoms with Crippen molar-refractivity contribution in [3.8, 4) is 0 Å². The molecule has 2 aliphatic carbocycles. The molecule has 0 aliphatic heterocycles. The number of benzene rings is 1. The molecule has 0 aromatic heterocycles. The first kappa shape index (κ1) is 13.1. The minimum absolute atomic E-state index is 0.576. The number of nitrogens with one attached hydrogen (secondary N) is 1. The third-order valence-electron chi connectivity index (χ3n) is 3.91. The summed E-state index contributed by atoms with van der Waals surface area (Å²) in [4.78, 5) is 0. The molecule has 0 unspecified atom stereocenters. The zero-order valence-corrected chi connectivity index (χ0v) is 12.3. The second-order valence-corrected chi connectivity index (χ2v) is 6.60. The third-order valence-corrected chi connectivity index (χ3v) is 5.11. The van der Waals surface area contributed by atoms with Crippen molar-refractivity contribution in [3.63, 3.8) is 0 Å². The minimum Gasteiger partial charge on any atom is -0.309 e. The molecule has 0 amide bonds. The number of halogens is 3. The summed E-state index contributed by atoms with van der Waals surface area (Å²) < 4.78 is 0. The summed E-state index contributed by atoms with van der Waals surface area (Å²) in [6, 6.07) is 4.21. The van der Waals surface area contributed by atoms with E-state index < -0.39 is 0 Å². The van der Waals surface area contributed by atoms with Gasteiger partial charge in [-0.15, -0.1) is 0 Å². The van der Waals surface area contributed by atoms with Gasteiger partial charge in [0.05, 0.1) is 10.0 Å². The highest BCUT2D eigenvalue weighted by atomic mass is 35.5. The Labute approximate surface area is 123 Å². The summed E-state index contributed by atoms with van der Waals surface area (Å²) in [6.07, 6.45) is 5.46. The van der Waals surface area contributed by atoms with Crippen LogP contribution < -0.4 is 5.32 Å². The van der Waals surface area contributed by atoms with Gasteiger partial charge in [0.15, 0.2) is 0 Å². The first-order valence-corrected chi connectivity index (χ1v) is 7.66. The summed E-state index contributed by atoms with van der Waals surface area (Å²) in [6.45, 7) is 0.718. The fourth-order valence-electron chi connectivity index (χ4n) is 2.58. The van der Waals surface area contributed by atoms with Crippen molar-refractivity contribution in [2.45, 2.75) is 38.3 Å². The van der Waals surface area contributed by atoms with E-state index >= 15 is 0 Å². The second-order valence-electron chi connectivity index (χ2n) is 5.40. The molecule has 0 spiro atoms. The largest absolute Gasteiger partial charge is 0.309 e. The van der Waals surface area contributed by atoms with Crippen molar-refractivity contribution in [3.05, 3.63) is 32.8 Å². The van der Waals surface area contributed by atoms with Gasteiger partial charge in [-0.2, -0.15) is 0 Å². The molecule has 18 heavy (non-hydrogen) atoms. The van der Waals surface area contributed by atoms with Gasteiger partial charge in [0.1, 0.15) is 0 Å². The van der Waals surface area contributed by atoms with E-state index in [1.165, 1.54) is 25.7 Å². The molecule has 1 aromatic carbocycles. The van der Waals surface area contributed by atoms with Crippen molar-refractivity contribution in [2.24, 2.45) is 11.8 Å². The molecular weight excluding hydrogens is 289 g/mol. The van der Waals surface area contributed by atoms with Crippen LogP contribution in [0.2, 0.25) is 15.1 Å². The van der Waals surface area contributed by atoms with Gasteiger partial charge in [-0.3, -0.25) is 0 Å². The number of hydrogen-bond donors (Lipinski definition) is 1. The Morgan fingerprint density at radius 3 is 2.11 bits per heavy atom. The van der Waals surface area contributed by atoms with Gasteiger partial charge in [-0.1, -0.05) is 34.8 Å². The van der Waals surface area contributed by atoms with Gasteiger partial charge in [0.2, 0.25) is 0 Å². The van der Waals surface area contributed by atoms with Crippen molar-refractivity contribution >= 4 is 34.8 Å². The minimum atomic E-state index is 0.576. The van der Waals surface area contributed by atoms with E-state index in [9.17, 15) is 0 Å². The molecule has 0 radical (unpaired) electrons. The molecule has 0 heterocycles. The van der Waals surface area contributed by atoms with Gasteiger partial charge in [0, 0.05) is 23.2 Å². The molecule has 0 bridgehead atoms. The lowest BCUT2D eigenvalue weighted by atomic mass is 10.1. The first-order valence-electron chi connectivity index (χ1n) is 6.52. The number of hydrogen-bond acceptors (Lipinski definition) is 1. The second kappa shape index (κ2) is 5.20. The van der Waals surface area contributed by atoms with Crippen LogP contribution in [0.1, 0.15) is 31.2 Å². The van der Waals surface area contributed by atoms with E-state index in [0.717, 1.165) is 23.9 Å². The maximum atomic E-state index is 6.22. The van der Waals surface area contributed by atoms with Crippen LogP contribution >= 0.6 is 34.8 Å². The van der Waals surface area contributed by atoms with Crippen LogP contribution in [-0.4, -0.2) is 6.04 Å². The van der Waals surface area contributed by atoms with Crippen molar-refractivity contribution in [2.75, 3.05) is 0 Å². The normalized spacial score (nSPS) is 19.6. The van der Waals surface area contributed by atoms with Crippen LogP contribution in [0.5, 0.6) is 0 Å². The highest BCUT2D eigenvalue weighted by molar-refractivity contribution is 6.44. The summed E-state index contributed by atoms with van der Waals surface area (Å²) in [5.41, 5.74) is 0.928. The van der Waals surface area contributed by atoms with E-state index in [1.807, 2.05) is 6.07 Å². The quantitative estimate of drug-likeness (QED) is 0.761. The Hall–Kier alpha value is 0.0500. The SMILES string of the molecule is Clc1ccc(Cl)c(CNC(C2CC2)C2CC2)c1Cl. The summed E-state index contributed by atoms with van der Waals surface area (Å²) in [7, 11) is 0. The van der Waals surface area contributed by atoms with Crippen molar-refractivity contribution in [1.29, 1.82) is 0 Å². The molecule has 2 aliphatic rings. The number of rotatable bonds is 5. The fraction of sp³-hybridized carbons (Fsp3) is 0.571. The Morgan fingerprint density at radius 2 is 1.56 bits per heavy atom. The smallest absolute Gasteiger partial charge is 0.0652 e. The van der Waals surface area contributed by atoms with E-state index in [0.29, 0.717) is 21.1 Å². The molecule has 1 N–H and O–H groups in total. The maximum absolute atomic E-state index is 6.22. The van der Waals surface area contributed by atoms with Gasteiger partial charge in [-0.05, 0) is 49.7 Å². The fourth-order valence-corrected chi connectivity index (χ4v) is 3.26. The molecular formula is C14H16Cl3N. The van der Waals surface area contributed by atoms with Crippen molar-refractivity contribution < 1.29 is 0 Å². The Balaban J connectivity index is 1.70. The van der Waals surface area contributed by atoms with E-state index in [4.69, 9.17) is 34.8 Å². The molecule has 98 valence electrons.